The number of ketones is 3. The van der Waals surface area contributed by atoms with Gasteiger partial charge < -0.3 is 59.1 Å². The molecule has 0 unspecified atom stereocenters. The molecule has 1 aromatic heterocycles. The highest BCUT2D eigenvalue weighted by Crippen LogP contribution is 2.49. The minimum Gasteiger partial charge on any atom is -0.507 e. The number of piperazine rings is 1. The molecular weight excluding hydrogens is 964 g/mol. The standard InChI is InChI=1S/C54H61FN4O15/c1-24-11-10-12-25(2)52(68)56-41-42(58-18-16-57(17-19-58)36-22-35-32(21-34(36)55)46(64)33(53(69)70)23-59(35)31-13-14-31)48(66)38-39(47(41)65)45(63)29(6)50-40(38)51(67)54(8,74-50)72-20-15-37(71-9)26(3)49(73-30(7)60)28(5)44(62)27(4)43(24)61/h10-12,15,20-24,26-28,31,37,43-44,49,61-63H,13-14,16-19H2,1-9H3,(H,56,68)(H,69,70)/b11-10+,20-15+,25-12-/t24-,26+,27+,28+,37-,43-,44+,49+,54-/m0/s1. The molecule has 74 heavy (non-hydrogen) atoms. The van der Waals surface area contributed by atoms with Gasteiger partial charge in [-0.2, -0.15) is 0 Å². The van der Waals surface area contributed by atoms with E-state index >= 15 is 9.18 Å². The second-order valence-corrected chi connectivity index (χ2v) is 20.1. The van der Waals surface area contributed by atoms with Crippen molar-refractivity contribution >= 4 is 51.8 Å². The molecule has 1 saturated carbocycles. The molecule has 19 nitrogen and oxygen atoms in total. The molecule has 2 aromatic carbocycles. The fourth-order valence-electron chi connectivity index (χ4n) is 10.6. The summed E-state index contributed by atoms with van der Waals surface area (Å²) in [5.41, 5.74) is -3.08. The van der Waals surface area contributed by atoms with Crippen LogP contribution in [0.4, 0.5) is 10.1 Å². The molecule has 6 aliphatic rings. The van der Waals surface area contributed by atoms with Gasteiger partial charge in [0.05, 0.1) is 52.5 Å². The van der Waals surface area contributed by atoms with E-state index in [1.54, 1.807) is 43.2 Å². The number of phenols is 1. The first-order chi connectivity index (χ1) is 34.9. The van der Waals surface area contributed by atoms with Crippen molar-refractivity contribution in [2.75, 3.05) is 38.2 Å². The monoisotopic (exact) mass is 1020 g/mol. The number of ether oxygens (including phenoxy) is 4. The zero-order valence-electron chi connectivity index (χ0n) is 42.6. The van der Waals surface area contributed by atoms with Crippen LogP contribution in [0.5, 0.6) is 11.5 Å². The van der Waals surface area contributed by atoms with E-state index in [0.29, 0.717) is 5.52 Å². The van der Waals surface area contributed by atoms with E-state index in [-0.39, 0.29) is 71.4 Å². The Morgan fingerprint density at radius 3 is 2.16 bits per heavy atom. The molecule has 1 amide bonds. The lowest BCUT2D eigenvalue weighted by molar-refractivity contribution is -0.160. The zero-order valence-corrected chi connectivity index (χ0v) is 42.6. The molecule has 5 N–H and O–H groups in total. The Kier molecular flexibility index (Phi) is 14.6. The van der Waals surface area contributed by atoms with Crippen molar-refractivity contribution < 1.29 is 72.5 Å². The maximum Gasteiger partial charge on any atom is 0.341 e. The number of aliphatic hydroxyl groups excluding tert-OH is 2. The molecular formula is C54H61FN4O15. The molecule has 5 bridgehead atoms. The van der Waals surface area contributed by atoms with Crippen LogP contribution in [0.2, 0.25) is 0 Å². The number of nitrogens with one attached hydrogen (secondary N) is 1. The van der Waals surface area contributed by atoms with Gasteiger partial charge in [-0.05, 0) is 44.9 Å². The number of carbonyl (C=O) groups is 6. The Balaban J connectivity index is 1.20. The van der Waals surface area contributed by atoms with Crippen LogP contribution in [-0.4, -0.2) is 129 Å². The number of methoxy groups -OCH3 is 1. The van der Waals surface area contributed by atoms with Crippen molar-refractivity contribution in [3.8, 4) is 11.5 Å². The van der Waals surface area contributed by atoms with E-state index in [1.165, 1.54) is 70.2 Å². The van der Waals surface area contributed by atoms with Crippen LogP contribution < -0.4 is 20.4 Å². The quantitative estimate of drug-likeness (QED) is 0.197. The van der Waals surface area contributed by atoms with E-state index in [2.05, 4.69) is 5.32 Å². The van der Waals surface area contributed by atoms with Gasteiger partial charge >= 0.3 is 17.7 Å². The van der Waals surface area contributed by atoms with Crippen molar-refractivity contribution in [3.05, 3.63) is 110 Å². The number of Topliss-reactive ketones (excluding diaryl/α,β-unsaturated/α-hetero) is 3. The third kappa shape index (κ3) is 9.38. The van der Waals surface area contributed by atoms with Crippen LogP contribution in [0.15, 0.2) is 70.7 Å². The number of allylic oxidation sites excluding steroid dienone is 4. The molecule has 0 radical (unpaired) electrons. The Morgan fingerprint density at radius 2 is 1.54 bits per heavy atom. The average Bonchev–Trinajstić information content (AvgIpc) is 4.18. The van der Waals surface area contributed by atoms with Crippen LogP contribution in [0.3, 0.4) is 0 Å². The number of aromatic nitrogens is 1. The van der Waals surface area contributed by atoms with Crippen molar-refractivity contribution in [2.45, 2.75) is 104 Å². The fraction of sp³-hybridized carbons (Fsp3) is 0.463. The average molecular weight is 1030 g/mol. The number of aliphatic hydroxyl groups is 2. The topological polar surface area (TPSA) is 261 Å². The van der Waals surface area contributed by atoms with E-state index in [9.17, 15) is 49.2 Å². The Hall–Kier alpha value is -7.16. The summed E-state index contributed by atoms with van der Waals surface area (Å²) in [6.07, 6.45) is 5.74. The van der Waals surface area contributed by atoms with Crippen LogP contribution in [0, 0.1) is 36.4 Å². The SMILES string of the molecule is CO[C@H]1/C=C/O[C@@]2(C)Oc3c(C)c(O)c4c(c3C2=O)C(=O)C(N2CCN(c3cc5c(cc3F)c(=O)c(C(=O)O)cn5C3CC3)CC2)=C(NC(=O)/C(C)=C\C=C\[C@H](C)[C@H](O)[C@@H](C)[C@@H](O)[C@@H](C)[C@H](OC(C)=O)[C@@H]1C)C4=O. The minimum absolute atomic E-state index is 0.0327. The number of hydrogen-bond donors (Lipinski definition) is 5. The summed E-state index contributed by atoms with van der Waals surface area (Å²) in [7, 11) is 1.40. The number of amides is 1. The molecule has 5 heterocycles. The van der Waals surface area contributed by atoms with Crippen LogP contribution in [-0.2, 0) is 23.8 Å². The van der Waals surface area contributed by atoms with Gasteiger partial charge in [0.1, 0.15) is 40.4 Å². The van der Waals surface area contributed by atoms with E-state index in [0.717, 1.165) is 25.2 Å². The first-order valence-electron chi connectivity index (χ1n) is 24.6. The molecule has 20 heteroatoms. The van der Waals surface area contributed by atoms with Gasteiger partial charge in [0.2, 0.25) is 17.0 Å². The number of esters is 1. The highest BCUT2D eigenvalue weighted by Gasteiger charge is 2.53. The number of nitrogens with zero attached hydrogens (tertiary/aromatic N) is 3. The summed E-state index contributed by atoms with van der Waals surface area (Å²) in [6.45, 7) is 12.1. The third-order valence-corrected chi connectivity index (χ3v) is 15.1. The number of carboxylic acids is 1. The molecule has 3 aromatic rings. The number of benzene rings is 2. The molecule has 4 aliphatic heterocycles. The van der Waals surface area contributed by atoms with E-state index in [1.807, 2.05) is 0 Å². The van der Waals surface area contributed by atoms with Gasteiger partial charge in [0.25, 0.3) is 11.7 Å². The first-order valence-corrected chi connectivity index (χ1v) is 24.6. The maximum absolute atomic E-state index is 16.1. The van der Waals surface area contributed by atoms with Crippen molar-refractivity contribution in [2.24, 2.45) is 23.7 Å². The number of rotatable bonds is 6. The number of carboxylic acid groups (broad SMARTS) is 1. The number of pyridine rings is 1. The number of fused-ring (bicyclic) bond motifs is 15. The fourth-order valence-corrected chi connectivity index (χ4v) is 10.6. The first kappa shape index (κ1) is 53.1. The lowest BCUT2D eigenvalue weighted by atomic mass is 9.78. The number of hydrogen-bond acceptors (Lipinski definition) is 16. The summed E-state index contributed by atoms with van der Waals surface area (Å²) in [5, 5.41) is 47.1. The second-order valence-electron chi connectivity index (χ2n) is 20.1. The van der Waals surface area contributed by atoms with E-state index in [4.69, 9.17) is 18.9 Å². The predicted molar refractivity (Wildman–Crippen MR) is 265 cm³/mol. The van der Waals surface area contributed by atoms with Crippen LogP contribution in [0.25, 0.3) is 10.9 Å². The maximum atomic E-state index is 16.1. The minimum atomic E-state index is -2.19. The molecule has 9 atom stereocenters. The Bertz CT molecular complexity index is 3070. The normalized spacial score (nSPS) is 29.6. The number of aromatic hydroxyl groups is 1. The molecule has 9 rings (SSSR count). The molecule has 2 aliphatic carbocycles. The van der Waals surface area contributed by atoms with Crippen molar-refractivity contribution in [1.82, 2.24) is 14.8 Å². The van der Waals surface area contributed by atoms with Crippen LogP contribution >= 0.6 is 0 Å². The largest absolute Gasteiger partial charge is 0.507 e. The van der Waals surface area contributed by atoms with Gasteiger partial charge in [-0.1, -0.05) is 45.9 Å². The van der Waals surface area contributed by atoms with Gasteiger partial charge in [-0.15, -0.1) is 0 Å². The summed E-state index contributed by atoms with van der Waals surface area (Å²) < 4.78 is 41.5. The summed E-state index contributed by atoms with van der Waals surface area (Å²) in [6, 6.07) is 2.44. The Morgan fingerprint density at radius 1 is 0.878 bits per heavy atom. The summed E-state index contributed by atoms with van der Waals surface area (Å²) in [5.74, 6) is -12.3. The van der Waals surface area contributed by atoms with Crippen molar-refractivity contribution in [3.63, 3.8) is 0 Å². The second kappa shape index (κ2) is 20.3. The van der Waals surface area contributed by atoms with Gasteiger partial charge in [0, 0.05) is 99.6 Å². The summed E-state index contributed by atoms with van der Waals surface area (Å²) >= 11 is 0. The lowest BCUT2D eigenvalue weighted by Crippen LogP contribution is -2.50. The van der Waals surface area contributed by atoms with E-state index < -0.39 is 128 Å². The third-order valence-electron chi connectivity index (χ3n) is 15.1. The number of halogens is 1. The zero-order chi connectivity index (χ0) is 54.0. The molecule has 394 valence electrons. The number of phenolic OH excluding ortho intramolecular Hbond substituents is 1. The van der Waals surface area contributed by atoms with Crippen LogP contribution in [0.1, 0.15) is 114 Å². The smallest absolute Gasteiger partial charge is 0.341 e. The number of anilines is 1. The van der Waals surface area contributed by atoms with Crippen molar-refractivity contribution in [1.29, 1.82) is 0 Å². The van der Waals surface area contributed by atoms with Gasteiger partial charge in [-0.3, -0.25) is 28.8 Å². The summed E-state index contributed by atoms with van der Waals surface area (Å²) in [4.78, 5) is 99.9. The number of aromatic carboxylic acids is 1. The van der Waals surface area contributed by atoms with Gasteiger partial charge in [-0.25, -0.2) is 9.18 Å². The van der Waals surface area contributed by atoms with Gasteiger partial charge in [0.15, 0.2) is 0 Å². The molecule has 2 fully saturated rings. The molecule has 0 spiro atoms. The lowest BCUT2D eigenvalue weighted by Gasteiger charge is -2.40. The number of carbonyl (C=O) groups excluding carboxylic acids is 5. The highest BCUT2D eigenvalue weighted by atomic mass is 19.1. The predicted octanol–water partition coefficient (Wildman–Crippen LogP) is 5.27. The highest BCUT2D eigenvalue weighted by molar-refractivity contribution is 6.32. The Labute approximate surface area is 425 Å². The molecule has 1 saturated heterocycles.